The predicted octanol–water partition coefficient (Wildman–Crippen LogP) is 2.29. The highest BCUT2D eigenvalue weighted by Gasteiger charge is 2.27. The van der Waals surface area contributed by atoms with Gasteiger partial charge in [0.1, 0.15) is 0 Å². The number of rotatable bonds is 2. The van der Waals surface area contributed by atoms with E-state index in [4.69, 9.17) is 4.42 Å². The smallest absolute Gasteiger partial charge is 0.392 e. The van der Waals surface area contributed by atoms with Gasteiger partial charge in [-0.1, -0.05) is 13.8 Å². The van der Waals surface area contributed by atoms with Crippen LogP contribution in [0, 0.1) is 11.8 Å². The second-order valence-corrected chi connectivity index (χ2v) is 4.81. The van der Waals surface area contributed by atoms with E-state index in [9.17, 15) is 4.79 Å². The van der Waals surface area contributed by atoms with Crippen molar-refractivity contribution in [2.45, 2.75) is 45.4 Å². The Morgan fingerprint density at radius 3 is 2.47 bits per heavy atom. The molecule has 1 aliphatic carbocycles. The molecular formula is C11H18N2O2. The molecule has 1 fully saturated rings. The lowest BCUT2D eigenvalue weighted by atomic mass is 9.77. The molecule has 0 atom stereocenters. The fourth-order valence-electron chi connectivity index (χ4n) is 2.45. The molecule has 1 aliphatic rings. The van der Waals surface area contributed by atoms with Gasteiger partial charge in [-0.15, -0.1) is 5.10 Å². The lowest BCUT2D eigenvalue weighted by Crippen LogP contribution is -2.17. The molecule has 1 heterocycles. The van der Waals surface area contributed by atoms with E-state index in [-0.39, 0.29) is 0 Å². The average Bonchev–Trinajstić information content (AvgIpc) is 2.65. The molecule has 0 unspecified atom stereocenters. The lowest BCUT2D eigenvalue weighted by molar-refractivity contribution is 0.239. The van der Waals surface area contributed by atoms with Crippen LogP contribution in [0.2, 0.25) is 0 Å². The van der Waals surface area contributed by atoms with Gasteiger partial charge in [0.15, 0.2) is 0 Å². The van der Waals surface area contributed by atoms with Gasteiger partial charge in [-0.2, -0.15) is 0 Å². The molecule has 84 valence electrons. The Bertz CT molecular complexity index is 359. The number of H-pyrrole nitrogens is 1. The van der Waals surface area contributed by atoms with Crippen LogP contribution in [0.4, 0.5) is 0 Å². The van der Waals surface area contributed by atoms with Crippen molar-refractivity contribution in [1.29, 1.82) is 0 Å². The monoisotopic (exact) mass is 210 g/mol. The van der Waals surface area contributed by atoms with Gasteiger partial charge in [0.25, 0.3) is 0 Å². The van der Waals surface area contributed by atoms with Crippen LogP contribution in [0.3, 0.4) is 0 Å². The molecular weight excluding hydrogens is 192 g/mol. The number of hydrogen-bond donors (Lipinski definition) is 1. The second kappa shape index (κ2) is 4.21. The maximum atomic E-state index is 10.8. The molecule has 4 heteroatoms. The average molecular weight is 210 g/mol. The van der Waals surface area contributed by atoms with Crippen molar-refractivity contribution < 1.29 is 4.42 Å². The zero-order valence-electron chi connectivity index (χ0n) is 9.32. The van der Waals surface area contributed by atoms with Crippen molar-refractivity contribution in [2.75, 3.05) is 0 Å². The molecule has 0 aliphatic heterocycles. The zero-order valence-corrected chi connectivity index (χ0v) is 9.32. The van der Waals surface area contributed by atoms with Crippen molar-refractivity contribution in [2.24, 2.45) is 11.8 Å². The first-order valence-electron chi connectivity index (χ1n) is 5.72. The highest BCUT2D eigenvalue weighted by molar-refractivity contribution is 4.92. The summed E-state index contributed by atoms with van der Waals surface area (Å²) in [6.45, 7) is 4.55. The maximum absolute atomic E-state index is 10.8. The molecule has 0 bridgehead atoms. The highest BCUT2D eigenvalue weighted by Crippen LogP contribution is 2.37. The van der Waals surface area contributed by atoms with Gasteiger partial charge < -0.3 is 4.42 Å². The molecule has 1 aromatic heterocycles. The Morgan fingerprint density at radius 1 is 1.33 bits per heavy atom. The van der Waals surface area contributed by atoms with Crippen LogP contribution in [-0.2, 0) is 0 Å². The van der Waals surface area contributed by atoms with Crippen LogP contribution in [0.15, 0.2) is 9.21 Å². The van der Waals surface area contributed by atoms with Crippen LogP contribution < -0.4 is 5.76 Å². The summed E-state index contributed by atoms with van der Waals surface area (Å²) in [6, 6.07) is 0. The summed E-state index contributed by atoms with van der Waals surface area (Å²) in [5.74, 6) is 2.10. The Labute approximate surface area is 89.1 Å². The van der Waals surface area contributed by atoms with Gasteiger partial charge in [0.05, 0.1) is 0 Å². The van der Waals surface area contributed by atoms with Gasteiger partial charge in [-0.25, -0.2) is 9.89 Å². The third kappa shape index (κ3) is 2.30. The predicted molar refractivity (Wildman–Crippen MR) is 56.7 cm³/mol. The largest absolute Gasteiger partial charge is 0.434 e. The van der Waals surface area contributed by atoms with Crippen LogP contribution in [0.25, 0.3) is 0 Å². The van der Waals surface area contributed by atoms with E-state index < -0.39 is 5.76 Å². The number of hydrogen-bond acceptors (Lipinski definition) is 3. The minimum Gasteiger partial charge on any atom is -0.392 e. The van der Waals surface area contributed by atoms with E-state index >= 15 is 0 Å². The fourth-order valence-corrected chi connectivity index (χ4v) is 2.45. The second-order valence-electron chi connectivity index (χ2n) is 4.81. The van der Waals surface area contributed by atoms with Gasteiger partial charge in [-0.05, 0) is 37.5 Å². The third-order valence-electron chi connectivity index (χ3n) is 3.52. The van der Waals surface area contributed by atoms with Gasteiger partial charge in [0.2, 0.25) is 5.89 Å². The van der Waals surface area contributed by atoms with Gasteiger partial charge in [-0.3, -0.25) is 0 Å². The molecule has 2 rings (SSSR count). The van der Waals surface area contributed by atoms with Crippen LogP contribution in [-0.4, -0.2) is 10.2 Å². The molecule has 0 amide bonds. The van der Waals surface area contributed by atoms with Crippen molar-refractivity contribution >= 4 is 0 Å². The van der Waals surface area contributed by atoms with E-state index in [2.05, 4.69) is 24.0 Å². The van der Waals surface area contributed by atoms with Crippen molar-refractivity contribution in [1.82, 2.24) is 10.2 Å². The quantitative estimate of drug-likeness (QED) is 0.814. The lowest BCUT2D eigenvalue weighted by Gasteiger charge is -2.28. The Kier molecular flexibility index (Phi) is 2.93. The summed E-state index contributed by atoms with van der Waals surface area (Å²) in [5, 5.41) is 6.23. The zero-order chi connectivity index (χ0) is 10.8. The number of nitrogens with zero attached hydrogens (tertiary/aromatic N) is 1. The first-order valence-corrected chi connectivity index (χ1v) is 5.72. The molecule has 1 N–H and O–H groups in total. The Hall–Kier alpha value is -1.06. The summed E-state index contributed by atoms with van der Waals surface area (Å²) < 4.78 is 5.00. The molecule has 1 saturated carbocycles. The van der Waals surface area contributed by atoms with Crippen molar-refractivity contribution in [3.8, 4) is 0 Å². The molecule has 15 heavy (non-hydrogen) atoms. The summed E-state index contributed by atoms with van der Waals surface area (Å²) in [6.07, 6.45) is 4.63. The molecule has 0 aromatic carbocycles. The summed E-state index contributed by atoms with van der Waals surface area (Å²) in [5.41, 5.74) is 0. The SMILES string of the molecule is CC(C)C1CCC(c2n[nH]c(=O)o2)CC1. The molecule has 0 radical (unpaired) electrons. The molecule has 1 aromatic rings. The fraction of sp³-hybridized carbons (Fsp3) is 0.818. The van der Waals surface area contributed by atoms with Crippen molar-refractivity contribution in [3.05, 3.63) is 16.4 Å². The van der Waals surface area contributed by atoms with Gasteiger partial charge >= 0.3 is 5.76 Å². The number of nitrogens with one attached hydrogen (secondary N) is 1. The summed E-state index contributed by atoms with van der Waals surface area (Å²) in [4.78, 5) is 10.8. The molecule has 4 nitrogen and oxygen atoms in total. The molecule has 0 saturated heterocycles. The van der Waals surface area contributed by atoms with E-state index in [0.717, 1.165) is 24.7 Å². The van der Waals surface area contributed by atoms with E-state index in [1.165, 1.54) is 12.8 Å². The van der Waals surface area contributed by atoms with E-state index in [0.29, 0.717) is 11.8 Å². The number of aromatic amines is 1. The minimum atomic E-state index is -0.434. The topological polar surface area (TPSA) is 58.9 Å². The number of aromatic nitrogens is 2. The van der Waals surface area contributed by atoms with Crippen LogP contribution in [0.1, 0.15) is 51.3 Å². The molecule has 0 spiro atoms. The first kappa shape index (κ1) is 10.5. The van der Waals surface area contributed by atoms with Crippen LogP contribution in [0.5, 0.6) is 0 Å². The Morgan fingerprint density at radius 2 is 2.00 bits per heavy atom. The third-order valence-corrected chi connectivity index (χ3v) is 3.52. The van der Waals surface area contributed by atoms with Crippen LogP contribution >= 0.6 is 0 Å². The van der Waals surface area contributed by atoms with Gasteiger partial charge in [0, 0.05) is 5.92 Å². The van der Waals surface area contributed by atoms with E-state index in [1.807, 2.05) is 0 Å². The normalized spacial score (nSPS) is 27.1. The maximum Gasteiger partial charge on any atom is 0.434 e. The standard InChI is InChI=1S/C11H18N2O2/c1-7(2)8-3-5-9(6-4-8)10-12-13-11(14)15-10/h7-9H,3-6H2,1-2H3,(H,13,14). The Balaban J connectivity index is 1.96. The highest BCUT2D eigenvalue weighted by atomic mass is 16.4. The summed E-state index contributed by atoms with van der Waals surface area (Å²) in [7, 11) is 0. The summed E-state index contributed by atoms with van der Waals surface area (Å²) >= 11 is 0. The van der Waals surface area contributed by atoms with Crippen molar-refractivity contribution in [3.63, 3.8) is 0 Å². The van der Waals surface area contributed by atoms with E-state index in [1.54, 1.807) is 0 Å². The first-order chi connectivity index (χ1) is 7.16. The minimum absolute atomic E-state index is 0.346.